The van der Waals surface area contributed by atoms with Crippen LogP contribution in [0.1, 0.15) is 0 Å². The Hall–Kier alpha value is -1.10. The molecular weight excluding hydrogens is 287 g/mol. The topological polar surface area (TPSA) is 28.7 Å². The summed E-state index contributed by atoms with van der Waals surface area (Å²) in [6.07, 6.45) is 1.90. The minimum Gasteiger partial charge on any atom is -0.360 e. The summed E-state index contributed by atoms with van der Waals surface area (Å²) in [6.45, 7) is 0. The SMILES string of the molecule is Ic1cccc[nH]c2ccccc2n1. The van der Waals surface area contributed by atoms with Crippen molar-refractivity contribution in [2.45, 2.75) is 0 Å². The highest BCUT2D eigenvalue weighted by Crippen LogP contribution is 2.06. The predicted molar refractivity (Wildman–Crippen MR) is 66.4 cm³/mol. The molecule has 70 valence electrons. The molecule has 3 heteroatoms. The van der Waals surface area contributed by atoms with Gasteiger partial charge in [-0.15, -0.1) is 0 Å². The molecule has 0 spiro atoms. The number of halogens is 1. The number of benzene rings is 1. The lowest BCUT2D eigenvalue weighted by atomic mass is 10.3. The average molecular weight is 296 g/mol. The van der Waals surface area contributed by atoms with Crippen molar-refractivity contribution in [3.05, 3.63) is 52.4 Å². The van der Waals surface area contributed by atoms with Crippen LogP contribution in [0.2, 0.25) is 0 Å². The van der Waals surface area contributed by atoms with E-state index >= 15 is 0 Å². The largest absolute Gasteiger partial charge is 0.360 e. The van der Waals surface area contributed by atoms with E-state index in [4.69, 9.17) is 0 Å². The molecule has 0 aliphatic heterocycles. The molecule has 0 aliphatic carbocycles. The standard InChI is InChI=1S/C11H9IN2/c12-11-7-3-4-8-13-9-5-1-2-6-10(9)14-11/h1-8,13H. The van der Waals surface area contributed by atoms with E-state index in [0.717, 1.165) is 14.7 Å². The number of nitrogens with one attached hydrogen (secondary N) is 1. The first-order valence-corrected chi connectivity index (χ1v) is 5.37. The van der Waals surface area contributed by atoms with Crippen molar-refractivity contribution < 1.29 is 0 Å². The molecule has 1 N–H and O–H groups in total. The smallest absolute Gasteiger partial charge is 0.102 e. The molecule has 1 heterocycles. The maximum absolute atomic E-state index is 4.47. The van der Waals surface area contributed by atoms with E-state index in [9.17, 15) is 0 Å². The van der Waals surface area contributed by atoms with Gasteiger partial charge in [-0.3, -0.25) is 0 Å². The Balaban J connectivity index is 2.86. The van der Waals surface area contributed by atoms with E-state index < -0.39 is 0 Å². The van der Waals surface area contributed by atoms with Crippen molar-refractivity contribution in [1.82, 2.24) is 9.97 Å². The Morgan fingerprint density at radius 1 is 1.00 bits per heavy atom. The van der Waals surface area contributed by atoms with Crippen molar-refractivity contribution in [3.63, 3.8) is 0 Å². The van der Waals surface area contributed by atoms with Crippen LogP contribution in [-0.4, -0.2) is 9.97 Å². The third-order valence-electron chi connectivity index (χ3n) is 1.81. The first kappa shape index (κ1) is 9.45. The molecule has 0 radical (unpaired) electrons. The van der Waals surface area contributed by atoms with Crippen molar-refractivity contribution in [2.75, 3.05) is 0 Å². The van der Waals surface area contributed by atoms with Gasteiger partial charge in [-0.25, -0.2) is 4.98 Å². The molecule has 2 aromatic rings. The van der Waals surface area contributed by atoms with Crippen molar-refractivity contribution in [2.24, 2.45) is 0 Å². The third kappa shape index (κ3) is 2.23. The molecule has 0 unspecified atom stereocenters. The lowest BCUT2D eigenvalue weighted by molar-refractivity contribution is 1.35. The van der Waals surface area contributed by atoms with Gasteiger partial charge >= 0.3 is 0 Å². The van der Waals surface area contributed by atoms with Gasteiger partial charge in [0.05, 0.1) is 11.0 Å². The Bertz CT molecular complexity index is 489. The second-order valence-electron chi connectivity index (χ2n) is 2.81. The number of rotatable bonds is 0. The van der Waals surface area contributed by atoms with E-state index in [-0.39, 0.29) is 0 Å². The van der Waals surface area contributed by atoms with Gasteiger partial charge in [0.1, 0.15) is 3.70 Å². The van der Waals surface area contributed by atoms with Crippen LogP contribution in [0.25, 0.3) is 11.0 Å². The minimum absolute atomic E-state index is 0.966. The van der Waals surface area contributed by atoms with E-state index in [1.54, 1.807) is 0 Å². The summed E-state index contributed by atoms with van der Waals surface area (Å²) in [5.74, 6) is 0. The fraction of sp³-hybridized carbons (Fsp3) is 0. The van der Waals surface area contributed by atoms with Crippen LogP contribution in [0, 0.1) is 3.70 Å². The first-order valence-electron chi connectivity index (χ1n) is 4.29. The first-order chi connectivity index (χ1) is 6.86. The van der Waals surface area contributed by atoms with E-state index in [0.29, 0.717) is 0 Å². The zero-order valence-corrected chi connectivity index (χ0v) is 9.60. The van der Waals surface area contributed by atoms with Crippen LogP contribution in [0.3, 0.4) is 0 Å². The number of nitrogens with zero attached hydrogens (tertiary/aromatic N) is 1. The van der Waals surface area contributed by atoms with Crippen molar-refractivity contribution in [3.8, 4) is 0 Å². The maximum atomic E-state index is 4.47. The molecular formula is C11H9IN2. The summed E-state index contributed by atoms with van der Waals surface area (Å²) in [7, 11) is 0. The zero-order chi connectivity index (χ0) is 9.80. The monoisotopic (exact) mass is 296 g/mol. The molecule has 0 aliphatic rings. The van der Waals surface area contributed by atoms with Crippen LogP contribution in [0.15, 0.2) is 48.7 Å². The summed E-state index contributed by atoms with van der Waals surface area (Å²) in [5, 5.41) is 0. The van der Waals surface area contributed by atoms with Gasteiger partial charge in [0, 0.05) is 6.20 Å². The molecule has 0 amide bonds. The molecule has 14 heavy (non-hydrogen) atoms. The summed E-state index contributed by atoms with van der Waals surface area (Å²) >= 11 is 2.21. The highest BCUT2D eigenvalue weighted by molar-refractivity contribution is 14.1. The van der Waals surface area contributed by atoms with E-state index in [2.05, 4.69) is 32.6 Å². The highest BCUT2D eigenvalue weighted by atomic mass is 127. The lowest BCUT2D eigenvalue weighted by Gasteiger charge is -1.90. The second-order valence-corrected chi connectivity index (χ2v) is 3.92. The third-order valence-corrected chi connectivity index (χ3v) is 2.41. The summed E-state index contributed by atoms with van der Waals surface area (Å²) in [6, 6.07) is 13.9. The predicted octanol–water partition coefficient (Wildman–Crippen LogP) is 3.29. The fourth-order valence-corrected chi connectivity index (χ4v) is 1.64. The molecule has 1 aromatic carbocycles. The minimum atomic E-state index is 0.966. The van der Waals surface area contributed by atoms with Crippen molar-refractivity contribution in [1.29, 1.82) is 0 Å². The Kier molecular flexibility index (Phi) is 2.98. The molecule has 0 bridgehead atoms. The Morgan fingerprint density at radius 3 is 2.71 bits per heavy atom. The average Bonchev–Trinajstić information content (AvgIpc) is 2.27. The van der Waals surface area contributed by atoms with Crippen LogP contribution < -0.4 is 0 Å². The number of fused-ring (bicyclic) bond motifs is 1. The number of para-hydroxylation sites is 2. The molecule has 0 fully saturated rings. The van der Waals surface area contributed by atoms with E-state index in [1.165, 1.54) is 0 Å². The molecule has 2 nitrogen and oxygen atoms in total. The van der Waals surface area contributed by atoms with Gasteiger partial charge in [0.15, 0.2) is 0 Å². The van der Waals surface area contributed by atoms with Gasteiger partial charge in [-0.05, 0) is 46.9 Å². The number of aromatic nitrogens is 2. The molecule has 0 saturated heterocycles. The van der Waals surface area contributed by atoms with Crippen LogP contribution >= 0.6 is 22.6 Å². The number of hydrogen-bond acceptors (Lipinski definition) is 1. The van der Waals surface area contributed by atoms with Gasteiger partial charge in [-0.2, -0.15) is 0 Å². The highest BCUT2D eigenvalue weighted by Gasteiger charge is 1.88. The quantitative estimate of drug-likeness (QED) is 0.742. The second kappa shape index (κ2) is 4.41. The van der Waals surface area contributed by atoms with Crippen LogP contribution in [0.5, 0.6) is 0 Å². The number of aromatic amines is 1. The molecule has 1 aromatic heterocycles. The maximum Gasteiger partial charge on any atom is 0.102 e. The lowest BCUT2D eigenvalue weighted by Crippen LogP contribution is -1.77. The number of H-pyrrole nitrogens is 1. The van der Waals surface area contributed by atoms with Crippen LogP contribution in [-0.2, 0) is 0 Å². The van der Waals surface area contributed by atoms with Gasteiger partial charge in [0.2, 0.25) is 0 Å². The molecule has 2 rings (SSSR count). The normalized spacial score (nSPS) is 9.79. The molecule has 0 saturated carbocycles. The van der Waals surface area contributed by atoms with E-state index in [1.807, 2.05) is 48.7 Å². The summed E-state index contributed by atoms with van der Waals surface area (Å²) in [5.41, 5.74) is 2.00. The zero-order valence-electron chi connectivity index (χ0n) is 7.44. The summed E-state index contributed by atoms with van der Waals surface area (Å²) < 4.78 is 0.975. The van der Waals surface area contributed by atoms with Crippen LogP contribution in [0.4, 0.5) is 0 Å². The fourth-order valence-electron chi connectivity index (χ4n) is 1.17. The van der Waals surface area contributed by atoms with Gasteiger partial charge in [0.25, 0.3) is 0 Å². The van der Waals surface area contributed by atoms with Crippen molar-refractivity contribution >= 4 is 33.6 Å². The Morgan fingerprint density at radius 2 is 1.79 bits per heavy atom. The van der Waals surface area contributed by atoms with Gasteiger partial charge < -0.3 is 4.98 Å². The van der Waals surface area contributed by atoms with Gasteiger partial charge in [-0.1, -0.05) is 18.2 Å². The summed E-state index contributed by atoms with van der Waals surface area (Å²) in [4.78, 5) is 7.66. The Labute approximate surface area is 95.8 Å². The number of hydrogen-bond donors (Lipinski definition) is 1. The molecule has 0 atom stereocenters.